The van der Waals surface area contributed by atoms with Gasteiger partial charge in [0.05, 0.1) is 0 Å². The molecule has 0 saturated carbocycles. The van der Waals surface area contributed by atoms with Crippen LogP contribution >= 0.6 is 0 Å². The quantitative estimate of drug-likeness (QED) is 0.387. The Morgan fingerprint density at radius 2 is 2.25 bits per heavy atom. The van der Waals surface area contributed by atoms with Gasteiger partial charge in [0.25, 0.3) is 0 Å². The van der Waals surface area contributed by atoms with Crippen LogP contribution in [0.25, 0.3) is 0 Å². The summed E-state index contributed by atoms with van der Waals surface area (Å²) in [7, 11) is 1.68. The maximum Gasteiger partial charge on any atom is 0.167 e. The molecule has 0 spiro atoms. The summed E-state index contributed by atoms with van der Waals surface area (Å²) in [6.07, 6.45) is 3.91. The van der Waals surface area contributed by atoms with Gasteiger partial charge in [0.15, 0.2) is 9.28 Å². The zero-order valence-corrected chi connectivity index (χ0v) is 8.97. The van der Waals surface area contributed by atoms with Crippen LogP contribution in [0.2, 0.25) is 0 Å². The van der Waals surface area contributed by atoms with E-state index >= 15 is 0 Å². The van der Waals surface area contributed by atoms with E-state index in [-0.39, 0.29) is 0 Å². The van der Waals surface area contributed by atoms with E-state index in [2.05, 4.69) is 6.92 Å². The van der Waals surface area contributed by atoms with Crippen LogP contribution in [-0.2, 0) is 4.43 Å². The van der Waals surface area contributed by atoms with E-state index in [9.17, 15) is 0 Å². The predicted molar refractivity (Wildman–Crippen MR) is 42.6 cm³/mol. The lowest BCUT2D eigenvalue weighted by Crippen LogP contribution is -1.99. The Balaban J connectivity index is 2.53. The molecule has 0 saturated heterocycles. The highest BCUT2D eigenvalue weighted by Gasteiger charge is 1.82. The Labute approximate surface area is 57.0 Å². The first-order valence-corrected chi connectivity index (χ1v) is 8.40. The first-order valence-electron chi connectivity index (χ1n) is 3.31. The van der Waals surface area contributed by atoms with Crippen LogP contribution < -0.4 is 0 Å². The third kappa shape index (κ3) is 6.39. The van der Waals surface area contributed by atoms with Gasteiger partial charge in [0.2, 0.25) is 0 Å². The number of hydrogen-bond donors (Lipinski definition) is 0. The summed E-state index contributed by atoms with van der Waals surface area (Å²) in [5.41, 5.74) is 0. The van der Waals surface area contributed by atoms with Crippen LogP contribution in [-0.4, -0.2) is 25.6 Å². The molecule has 3 heteroatoms. The molecule has 0 N–H and O–H groups in total. The van der Waals surface area contributed by atoms with Crippen molar-refractivity contribution in [3.05, 3.63) is 0 Å². The van der Waals surface area contributed by atoms with E-state index in [4.69, 9.17) is 4.43 Å². The maximum atomic E-state index is 5.28. The zero-order valence-electron chi connectivity index (χ0n) is 5.81. The summed E-state index contributed by atoms with van der Waals surface area (Å²) in [6.45, 7) is 3.24. The van der Waals surface area contributed by atoms with Gasteiger partial charge in [-0.15, -0.1) is 0 Å². The lowest BCUT2D eigenvalue weighted by molar-refractivity contribution is 0.331. The molecular weight excluding hydrogens is 132 g/mol. The SMILES string of the molecule is CCCCCO[SiH][SiH3]. The van der Waals surface area contributed by atoms with Gasteiger partial charge < -0.3 is 4.43 Å². The minimum absolute atomic E-state index is 0.416. The van der Waals surface area contributed by atoms with Gasteiger partial charge in [-0.3, -0.25) is 0 Å². The molecule has 1 radical (unpaired) electrons. The van der Waals surface area contributed by atoms with E-state index in [0.717, 1.165) is 6.61 Å². The van der Waals surface area contributed by atoms with Gasteiger partial charge in [-0.05, 0) is 6.42 Å². The average Bonchev–Trinajstić information content (AvgIpc) is 1.81. The van der Waals surface area contributed by atoms with Crippen molar-refractivity contribution in [3.63, 3.8) is 0 Å². The highest BCUT2D eigenvalue weighted by atomic mass is 29.1. The maximum absolute atomic E-state index is 5.28. The normalized spacial score (nSPS) is 10.1. The molecule has 0 fully saturated rings. The smallest absolute Gasteiger partial charge is 0.167 e. The highest BCUT2D eigenvalue weighted by molar-refractivity contribution is 6.85. The molecule has 8 heavy (non-hydrogen) atoms. The fourth-order valence-electron chi connectivity index (χ4n) is 0.553. The molecule has 0 atom stereocenters. The fourth-order valence-corrected chi connectivity index (χ4v) is 1.66. The van der Waals surface area contributed by atoms with E-state index in [1.54, 1.807) is 0 Å². The molecule has 0 aromatic rings. The summed E-state index contributed by atoms with van der Waals surface area (Å²) in [6, 6.07) is 0. The van der Waals surface area contributed by atoms with Crippen LogP contribution in [0.15, 0.2) is 0 Å². The van der Waals surface area contributed by atoms with Gasteiger partial charge in [0.1, 0.15) is 0 Å². The van der Waals surface area contributed by atoms with Crippen molar-refractivity contribution >= 4 is 19.0 Å². The van der Waals surface area contributed by atoms with Gasteiger partial charge in [-0.1, -0.05) is 19.8 Å². The lowest BCUT2D eigenvalue weighted by atomic mass is 10.3. The molecule has 0 aliphatic heterocycles. The van der Waals surface area contributed by atoms with Crippen LogP contribution in [0, 0.1) is 0 Å². The first-order chi connectivity index (χ1) is 3.91. The summed E-state index contributed by atoms with van der Waals surface area (Å²) in [4.78, 5) is 0. The standard InChI is InChI=1S/C5H15OSi2/c1-2-3-4-5-6-8-7/h8H,2-5H2,1,7H3. The summed E-state index contributed by atoms with van der Waals surface area (Å²) in [5, 5.41) is 0. The Kier molecular flexibility index (Phi) is 7.76. The van der Waals surface area contributed by atoms with Crippen molar-refractivity contribution in [2.45, 2.75) is 26.2 Å². The second kappa shape index (κ2) is 7.39. The van der Waals surface area contributed by atoms with Crippen LogP contribution in [0.3, 0.4) is 0 Å². The minimum atomic E-state index is 0.416. The molecule has 0 bridgehead atoms. The monoisotopic (exact) mass is 147 g/mol. The molecule has 0 aliphatic rings. The molecule has 49 valence electrons. The highest BCUT2D eigenvalue weighted by Crippen LogP contribution is 1.92. The Bertz CT molecular complexity index is 35.4. The average molecular weight is 147 g/mol. The number of hydrogen-bond acceptors (Lipinski definition) is 1. The molecule has 0 heterocycles. The van der Waals surface area contributed by atoms with E-state index < -0.39 is 0 Å². The zero-order chi connectivity index (χ0) is 6.24. The van der Waals surface area contributed by atoms with Crippen molar-refractivity contribution < 1.29 is 4.43 Å². The van der Waals surface area contributed by atoms with Gasteiger partial charge in [-0.25, -0.2) is 0 Å². The second-order valence-electron chi connectivity index (χ2n) is 1.81. The van der Waals surface area contributed by atoms with Crippen LogP contribution in [0.1, 0.15) is 26.2 Å². The Morgan fingerprint density at radius 1 is 1.50 bits per heavy atom. The predicted octanol–water partition coefficient (Wildman–Crippen LogP) is -0.175. The van der Waals surface area contributed by atoms with Crippen molar-refractivity contribution in [1.29, 1.82) is 0 Å². The Hall–Kier alpha value is 0.394. The molecule has 0 aromatic carbocycles. The van der Waals surface area contributed by atoms with E-state index in [1.165, 1.54) is 29.0 Å². The minimum Gasteiger partial charge on any atom is -0.425 e. The summed E-state index contributed by atoms with van der Waals surface area (Å²) >= 11 is 0. The van der Waals surface area contributed by atoms with E-state index in [0.29, 0.717) is 9.28 Å². The summed E-state index contributed by atoms with van der Waals surface area (Å²) < 4.78 is 5.28. The molecule has 0 aromatic heterocycles. The second-order valence-corrected chi connectivity index (χ2v) is 4.03. The van der Waals surface area contributed by atoms with Crippen LogP contribution in [0.4, 0.5) is 0 Å². The molecule has 0 aliphatic carbocycles. The Morgan fingerprint density at radius 3 is 2.75 bits per heavy atom. The number of unbranched alkanes of at least 4 members (excludes halogenated alkanes) is 2. The van der Waals surface area contributed by atoms with Crippen molar-refractivity contribution in [3.8, 4) is 0 Å². The largest absolute Gasteiger partial charge is 0.425 e. The van der Waals surface area contributed by atoms with Crippen LogP contribution in [0.5, 0.6) is 0 Å². The molecule has 0 rings (SSSR count). The summed E-state index contributed by atoms with van der Waals surface area (Å²) in [5.74, 6) is 0. The topological polar surface area (TPSA) is 9.23 Å². The fraction of sp³-hybridized carbons (Fsp3) is 1.00. The number of rotatable bonds is 5. The molecule has 0 unspecified atom stereocenters. The third-order valence-electron chi connectivity index (χ3n) is 1.03. The van der Waals surface area contributed by atoms with Crippen molar-refractivity contribution in [2.24, 2.45) is 0 Å². The lowest BCUT2D eigenvalue weighted by Gasteiger charge is -1.96. The van der Waals surface area contributed by atoms with Crippen molar-refractivity contribution in [1.82, 2.24) is 0 Å². The van der Waals surface area contributed by atoms with Gasteiger partial charge in [-0.2, -0.15) is 0 Å². The van der Waals surface area contributed by atoms with Crippen molar-refractivity contribution in [2.75, 3.05) is 6.61 Å². The van der Waals surface area contributed by atoms with Gasteiger partial charge in [0, 0.05) is 16.4 Å². The molecule has 1 nitrogen and oxygen atoms in total. The molecule has 0 amide bonds. The van der Waals surface area contributed by atoms with Gasteiger partial charge >= 0.3 is 0 Å². The third-order valence-corrected chi connectivity index (χ3v) is 2.60. The van der Waals surface area contributed by atoms with E-state index in [1.807, 2.05) is 0 Å². The molecular formula is C5H15OSi2. The first kappa shape index (κ1) is 8.39.